The van der Waals surface area contributed by atoms with Crippen LogP contribution >= 0.6 is 0 Å². The normalized spacial score (nSPS) is 16.9. The number of nitrogens with zero attached hydrogens (tertiary/aromatic N) is 9. The maximum absolute atomic E-state index is 12.3. The van der Waals surface area contributed by atoms with Gasteiger partial charge in [0.25, 0.3) is 0 Å². The Kier molecular flexibility index (Phi) is 11.0. The van der Waals surface area contributed by atoms with E-state index in [9.17, 15) is 14.4 Å². The Morgan fingerprint density at radius 2 is 1.05 bits per heavy atom. The van der Waals surface area contributed by atoms with Crippen LogP contribution in [-0.2, 0) is 14.3 Å². The molecule has 16 heteroatoms. The second kappa shape index (κ2) is 16.8. The molecule has 2 aliphatic carbocycles. The molecule has 10 rings (SSSR count). The molecule has 0 spiro atoms. The number of nitrogens with one attached hydrogen (secondary N) is 3. The fraction of sp³-hybridized carbons (Fsp3) is 0.400. The van der Waals surface area contributed by atoms with Crippen LogP contribution in [-0.4, -0.2) is 110 Å². The number of fused-ring (bicyclic) bond motifs is 2. The summed E-state index contributed by atoms with van der Waals surface area (Å²) in [7, 11) is 0. The molecule has 3 N–H and O–H groups in total. The van der Waals surface area contributed by atoms with E-state index in [0.29, 0.717) is 30.6 Å². The minimum atomic E-state index is -0.486. The topological polar surface area (TPSA) is 167 Å². The first-order valence-electron chi connectivity index (χ1n) is 21.3. The van der Waals surface area contributed by atoms with E-state index >= 15 is 0 Å². The number of carbonyl (C=O) groups excluding carboxylic acids is 3. The number of anilines is 4. The predicted octanol–water partition coefficient (Wildman–Crippen LogP) is 5.96. The van der Waals surface area contributed by atoms with E-state index in [1.807, 2.05) is 57.2 Å². The zero-order valence-corrected chi connectivity index (χ0v) is 34.9. The van der Waals surface area contributed by atoms with Crippen molar-refractivity contribution in [1.82, 2.24) is 39.4 Å². The van der Waals surface area contributed by atoms with Crippen LogP contribution in [0, 0.1) is 11.8 Å². The Balaban J connectivity index is 0.000000160. The first-order valence-corrected chi connectivity index (χ1v) is 21.3. The molecule has 61 heavy (non-hydrogen) atoms. The molecule has 6 heterocycles. The number of aromatic nitrogens is 6. The fourth-order valence-corrected chi connectivity index (χ4v) is 7.55. The third-order valence-electron chi connectivity index (χ3n) is 11.2. The summed E-state index contributed by atoms with van der Waals surface area (Å²) in [4.78, 5) is 51.7. The highest BCUT2D eigenvalue weighted by atomic mass is 16.6. The molecule has 4 aromatic heterocycles. The van der Waals surface area contributed by atoms with Gasteiger partial charge in [-0.25, -0.2) is 13.8 Å². The van der Waals surface area contributed by atoms with Crippen LogP contribution in [0.1, 0.15) is 46.5 Å². The van der Waals surface area contributed by atoms with Crippen LogP contribution in [0.4, 0.5) is 28.1 Å². The molecular weight excluding hydrogens is 773 g/mol. The Bertz CT molecular complexity index is 2520. The SMILES string of the molecule is CC(C)(C)OC(=O)N1CCN(c2ccc(-c3cccc4nc(NC(=O)C5CC5)nn34)cc2)CC1.O=C(Nc1nc2cccc(-c3ccc(N4CCNCC4)cc3)n2n1)C1CC1. The largest absolute Gasteiger partial charge is 0.444 e. The summed E-state index contributed by atoms with van der Waals surface area (Å²) >= 11 is 0. The highest BCUT2D eigenvalue weighted by Crippen LogP contribution is 2.32. The monoisotopic (exact) mass is 824 g/mol. The molecule has 4 aliphatic rings. The first kappa shape index (κ1) is 39.9. The summed E-state index contributed by atoms with van der Waals surface area (Å²) in [6, 6.07) is 28.6. The fourth-order valence-electron chi connectivity index (χ4n) is 7.55. The number of ether oxygens (including phenoxy) is 1. The molecule has 0 atom stereocenters. The Morgan fingerprint density at radius 1 is 0.607 bits per heavy atom. The third kappa shape index (κ3) is 9.44. The zero-order chi connectivity index (χ0) is 42.1. The number of hydrogen-bond donors (Lipinski definition) is 3. The average Bonchev–Trinajstić information content (AvgIpc) is 4.21. The Morgan fingerprint density at radius 3 is 1.48 bits per heavy atom. The van der Waals surface area contributed by atoms with E-state index in [0.717, 1.165) is 98.8 Å². The number of benzene rings is 2. The van der Waals surface area contributed by atoms with Crippen molar-refractivity contribution in [2.45, 2.75) is 52.1 Å². The number of carbonyl (C=O) groups is 3. The lowest BCUT2D eigenvalue weighted by molar-refractivity contribution is -0.118. The quantitative estimate of drug-likeness (QED) is 0.166. The van der Waals surface area contributed by atoms with Gasteiger partial charge in [-0.15, -0.1) is 10.2 Å². The van der Waals surface area contributed by atoms with E-state index in [4.69, 9.17) is 4.74 Å². The van der Waals surface area contributed by atoms with Gasteiger partial charge in [0.05, 0.1) is 11.4 Å². The molecule has 316 valence electrons. The second-order valence-electron chi connectivity index (χ2n) is 17.0. The predicted molar refractivity (Wildman–Crippen MR) is 235 cm³/mol. The van der Waals surface area contributed by atoms with Gasteiger partial charge in [0.15, 0.2) is 11.3 Å². The lowest BCUT2D eigenvalue weighted by atomic mass is 10.1. The molecule has 2 aliphatic heterocycles. The van der Waals surface area contributed by atoms with Crippen LogP contribution in [0.5, 0.6) is 0 Å². The molecule has 0 bridgehead atoms. The second-order valence-corrected chi connectivity index (χ2v) is 17.0. The van der Waals surface area contributed by atoms with E-state index in [-0.39, 0.29) is 29.7 Å². The number of pyridine rings is 2. The molecule has 0 unspecified atom stereocenters. The van der Waals surface area contributed by atoms with E-state index in [1.54, 1.807) is 13.9 Å². The molecule has 2 saturated heterocycles. The van der Waals surface area contributed by atoms with Gasteiger partial charge in [-0.05, 0) is 95.0 Å². The summed E-state index contributed by atoms with van der Waals surface area (Å²) in [5.74, 6) is 0.959. The number of amides is 3. The van der Waals surface area contributed by atoms with Gasteiger partial charge in [-0.1, -0.05) is 36.4 Å². The van der Waals surface area contributed by atoms with Gasteiger partial charge in [-0.3, -0.25) is 20.2 Å². The zero-order valence-electron chi connectivity index (χ0n) is 34.9. The maximum Gasteiger partial charge on any atom is 0.410 e. The molecule has 16 nitrogen and oxygen atoms in total. The molecule has 6 aromatic rings. The summed E-state index contributed by atoms with van der Waals surface area (Å²) in [6.45, 7) is 12.5. The van der Waals surface area contributed by atoms with Gasteiger partial charge >= 0.3 is 6.09 Å². The molecule has 2 aromatic carbocycles. The minimum absolute atomic E-state index is 0.00595. The standard InChI is InChI=1S/C25H30N6O3.C20H22N6O/c1-25(2,3)34-24(33)30-15-13-29(14-16-30)19-11-9-17(10-12-19)20-5-4-6-21-26-23(28-31(20)21)27-22(32)18-7-8-18;27-19(15-4-5-15)23-20-22-18-3-1-2-17(26(18)24-20)14-6-8-16(9-7-14)25-12-10-21-11-13-25/h4-6,9-12,18H,7-8,13-16H2,1-3H3,(H,27,28,32);1-3,6-9,15,21H,4-5,10-13H2,(H,23,24,27). The van der Waals surface area contributed by atoms with Gasteiger partial charge in [-0.2, -0.15) is 9.97 Å². The highest BCUT2D eigenvalue weighted by Gasteiger charge is 2.31. The lowest BCUT2D eigenvalue weighted by Crippen LogP contribution is -2.50. The van der Waals surface area contributed by atoms with E-state index in [2.05, 4.69) is 94.4 Å². The molecule has 0 radical (unpaired) electrons. The summed E-state index contributed by atoms with van der Waals surface area (Å²) in [5.41, 5.74) is 7.21. The summed E-state index contributed by atoms with van der Waals surface area (Å²) < 4.78 is 9.04. The van der Waals surface area contributed by atoms with Crippen molar-refractivity contribution in [3.05, 3.63) is 84.9 Å². The van der Waals surface area contributed by atoms with Crippen molar-refractivity contribution in [1.29, 1.82) is 0 Å². The first-order chi connectivity index (χ1) is 29.5. The Labute approximate surface area is 354 Å². The summed E-state index contributed by atoms with van der Waals surface area (Å²) in [5, 5.41) is 18.1. The van der Waals surface area contributed by atoms with Gasteiger partial charge in [0.1, 0.15) is 5.60 Å². The van der Waals surface area contributed by atoms with Crippen molar-refractivity contribution < 1.29 is 19.1 Å². The summed E-state index contributed by atoms with van der Waals surface area (Å²) in [6.07, 6.45) is 3.55. The Hall–Kier alpha value is -6.55. The van der Waals surface area contributed by atoms with Crippen LogP contribution in [0.2, 0.25) is 0 Å². The smallest absolute Gasteiger partial charge is 0.410 e. The van der Waals surface area contributed by atoms with E-state index < -0.39 is 5.60 Å². The number of piperazine rings is 2. The van der Waals surface area contributed by atoms with Gasteiger partial charge in [0.2, 0.25) is 23.7 Å². The molecule has 2 saturated carbocycles. The van der Waals surface area contributed by atoms with Gasteiger partial charge in [0, 0.05) is 86.7 Å². The van der Waals surface area contributed by atoms with Crippen molar-refractivity contribution >= 4 is 52.5 Å². The van der Waals surface area contributed by atoms with Crippen molar-refractivity contribution in [3.8, 4) is 22.5 Å². The van der Waals surface area contributed by atoms with E-state index in [1.165, 1.54) is 5.69 Å². The molecule has 4 fully saturated rings. The number of rotatable bonds is 8. The highest BCUT2D eigenvalue weighted by molar-refractivity contribution is 5.93. The lowest BCUT2D eigenvalue weighted by Gasteiger charge is -2.36. The average molecular weight is 825 g/mol. The number of hydrogen-bond acceptors (Lipinski definition) is 11. The van der Waals surface area contributed by atoms with Crippen LogP contribution in [0.25, 0.3) is 33.8 Å². The van der Waals surface area contributed by atoms with Crippen LogP contribution in [0.15, 0.2) is 84.9 Å². The molecular formula is C45H52N12O4. The minimum Gasteiger partial charge on any atom is -0.444 e. The van der Waals surface area contributed by atoms with Crippen LogP contribution in [0.3, 0.4) is 0 Å². The van der Waals surface area contributed by atoms with Crippen molar-refractivity contribution in [2.24, 2.45) is 11.8 Å². The molecule has 3 amide bonds. The van der Waals surface area contributed by atoms with Crippen LogP contribution < -0.4 is 25.8 Å². The van der Waals surface area contributed by atoms with Crippen molar-refractivity contribution in [3.63, 3.8) is 0 Å². The van der Waals surface area contributed by atoms with Crippen molar-refractivity contribution in [2.75, 3.05) is 72.8 Å². The third-order valence-corrected chi connectivity index (χ3v) is 11.2. The maximum atomic E-state index is 12.3. The van der Waals surface area contributed by atoms with Gasteiger partial charge < -0.3 is 24.8 Å².